The van der Waals surface area contributed by atoms with Crippen molar-refractivity contribution in [2.75, 3.05) is 13.2 Å². The first-order valence-electron chi connectivity index (χ1n) is 7.44. The number of hydrogen-bond donors (Lipinski definition) is 1. The molecule has 1 aromatic carbocycles. The van der Waals surface area contributed by atoms with Gasteiger partial charge in [-0.25, -0.2) is 0 Å². The van der Waals surface area contributed by atoms with Gasteiger partial charge < -0.3 is 14.5 Å². The molecule has 3 aromatic rings. The number of carbonyl (C=O) groups is 1. The average Bonchev–Trinajstić information content (AvgIpc) is 2.93. The molecule has 2 heterocycles. The molecule has 0 aliphatic rings. The van der Waals surface area contributed by atoms with Gasteiger partial charge in [0.2, 0.25) is 5.88 Å². The van der Waals surface area contributed by atoms with Gasteiger partial charge in [0.15, 0.2) is 5.15 Å². The molecule has 0 amide bonds. The lowest BCUT2D eigenvalue weighted by atomic mass is 10.1. The minimum atomic E-state index is -0.308. The van der Waals surface area contributed by atoms with Crippen LogP contribution in [-0.2, 0) is 16.0 Å². The first-order chi connectivity index (χ1) is 11.6. The summed E-state index contributed by atoms with van der Waals surface area (Å²) in [5.74, 6) is -0.0113. The highest BCUT2D eigenvalue weighted by Crippen LogP contribution is 2.20. The predicted molar refractivity (Wildman–Crippen MR) is 90.2 cm³/mol. The normalized spacial score (nSPS) is 10.8. The van der Waals surface area contributed by atoms with E-state index in [1.807, 2.05) is 31.3 Å². The molecule has 0 fully saturated rings. The smallest absolute Gasteiger partial charge is 0.310 e. The second-order valence-electron chi connectivity index (χ2n) is 5.29. The van der Waals surface area contributed by atoms with E-state index in [0.29, 0.717) is 5.88 Å². The number of H-pyrrole nitrogens is 1. The summed E-state index contributed by atoms with van der Waals surface area (Å²) in [6, 6.07) is 6.07. The number of aromatic amines is 1. The highest BCUT2D eigenvalue weighted by atomic mass is 35.5. The van der Waals surface area contributed by atoms with Crippen molar-refractivity contribution >= 4 is 28.5 Å². The third-order valence-electron chi connectivity index (χ3n) is 3.44. The number of halogens is 1. The fourth-order valence-electron chi connectivity index (χ4n) is 2.35. The van der Waals surface area contributed by atoms with E-state index in [0.717, 1.165) is 16.5 Å². The Balaban J connectivity index is 1.48. The molecule has 1 N–H and O–H groups in total. The first-order valence-corrected chi connectivity index (χ1v) is 7.82. The zero-order valence-electron chi connectivity index (χ0n) is 13.1. The summed E-state index contributed by atoms with van der Waals surface area (Å²) in [6.07, 6.45) is 4.90. The molecule has 0 spiro atoms. The SMILES string of the molecule is Cc1ccc2c(CC(=O)OCCOc3cncc(Cl)n3)c[nH]c2c1. The minimum absolute atomic E-state index is 0.133. The molecular weight excluding hydrogens is 330 g/mol. The van der Waals surface area contributed by atoms with Crippen molar-refractivity contribution in [1.29, 1.82) is 0 Å². The molecule has 0 unspecified atom stereocenters. The van der Waals surface area contributed by atoms with Gasteiger partial charge in [-0.15, -0.1) is 0 Å². The van der Waals surface area contributed by atoms with Gasteiger partial charge in [-0.1, -0.05) is 23.7 Å². The van der Waals surface area contributed by atoms with Crippen molar-refractivity contribution in [3.8, 4) is 5.88 Å². The van der Waals surface area contributed by atoms with Crippen LogP contribution >= 0.6 is 11.6 Å². The van der Waals surface area contributed by atoms with Crippen molar-refractivity contribution in [2.24, 2.45) is 0 Å². The van der Waals surface area contributed by atoms with Crippen molar-refractivity contribution in [3.05, 3.63) is 53.1 Å². The highest BCUT2D eigenvalue weighted by Gasteiger charge is 2.10. The Kier molecular flexibility index (Phi) is 4.96. The van der Waals surface area contributed by atoms with Crippen LogP contribution in [0.25, 0.3) is 10.9 Å². The predicted octanol–water partition coefficient (Wildman–Crippen LogP) is 3.08. The van der Waals surface area contributed by atoms with E-state index in [2.05, 4.69) is 15.0 Å². The summed E-state index contributed by atoms with van der Waals surface area (Å²) in [7, 11) is 0. The van der Waals surface area contributed by atoms with Crippen LogP contribution in [0.3, 0.4) is 0 Å². The molecule has 6 nitrogen and oxygen atoms in total. The summed E-state index contributed by atoms with van der Waals surface area (Å²) in [6.45, 7) is 2.35. The van der Waals surface area contributed by atoms with Gasteiger partial charge in [0.1, 0.15) is 13.2 Å². The van der Waals surface area contributed by atoms with Crippen molar-refractivity contribution in [1.82, 2.24) is 15.0 Å². The van der Waals surface area contributed by atoms with Crippen LogP contribution in [0.15, 0.2) is 36.8 Å². The third kappa shape index (κ3) is 4.02. The molecule has 0 saturated heterocycles. The van der Waals surface area contributed by atoms with Crippen molar-refractivity contribution < 1.29 is 14.3 Å². The number of carbonyl (C=O) groups excluding carboxylic acids is 1. The molecule has 7 heteroatoms. The zero-order chi connectivity index (χ0) is 16.9. The van der Waals surface area contributed by atoms with Gasteiger partial charge in [-0.2, -0.15) is 4.98 Å². The van der Waals surface area contributed by atoms with Gasteiger partial charge in [0, 0.05) is 17.1 Å². The summed E-state index contributed by atoms with van der Waals surface area (Å²) >= 11 is 5.70. The van der Waals surface area contributed by atoms with E-state index in [1.165, 1.54) is 18.0 Å². The maximum Gasteiger partial charge on any atom is 0.310 e. The van der Waals surface area contributed by atoms with Crippen LogP contribution < -0.4 is 4.74 Å². The lowest BCUT2D eigenvalue weighted by molar-refractivity contribution is -0.143. The second kappa shape index (κ2) is 7.31. The van der Waals surface area contributed by atoms with Crippen molar-refractivity contribution in [3.63, 3.8) is 0 Å². The monoisotopic (exact) mass is 345 g/mol. The number of rotatable bonds is 6. The van der Waals surface area contributed by atoms with E-state index in [-0.39, 0.29) is 30.8 Å². The van der Waals surface area contributed by atoms with E-state index in [9.17, 15) is 4.79 Å². The Morgan fingerprint density at radius 2 is 2.17 bits per heavy atom. The summed E-state index contributed by atoms with van der Waals surface area (Å²) < 4.78 is 10.5. The number of aryl methyl sites for hydroxylation is 1. The zero-order valence-corrected chi connectivity index (χ0v) is 13.8. The van der Waals surface area contributed by atoms with Crippen LogP contribution in [0.2, 0.25) is 5.15 Å². The van der Waals surface area contributed by atoms with Gasteiger partial charge in [0.25, 0.3) is 0 Å². The van der Waals surface area contributed by atoms with Crippen LogP contribution in [0.4, 0.5) is 0 Å². The number of nitrogens with zero attached hydrogens (tertiary/aromatic N) is 2. The van der Waals surface area contributed by atoms with E-state index < -0.39 is 0 Å². The average molecular weight is 346 g/mol. The van der Waals surface area contributed by atoms with E-state index in [4.69, 9.17) is 21.1 Å². The van der Waals surface area contributed by atoms with Gasteiger partial charge in [-0.05, 0) is 24.1 Å². The summed E-state index contributed by atoms with van der Waals surface area (Å²) in [5.41, 5.74) is 3.09. The largest absolute Gasteiger partial charge is 0.473 e. The number of fused-ring (bicyclic) bond motifs is 1. The molecule has 0 atom stereocenters. The number of ether oxygens (including phenoxy) is 2. The highest BCUT2D eigenvalue weighted by molar-refractivity contribution is 6.29. The third-order valence-corrected chi connectivity index (χ3v) is 3.62. The Morgan fingerprint density at radius 3 is 3.00 bits per heavy atom. The summed E-state index contributed by atoms with van der Waals surface area (Å²) in [4.78, 5) is 22.9. The van der Waals surface area contributed by atoms with Crippen molar-refractivity contribution in [2.45, 2.75) is 13.3 Å². The number of esters is 1. The number of aromatic nitrogens is 3. The molecule has 0 bridgehead atoms. The Morgan fingerprint density at radius 1 is 1.29 bits per heavy atom. The number of nitrogens with one attached hydrogen (secondary N) is 1. The molecular formula is C17H16ClN3O3. The molecule has 24 heavy (non-hydrogen) atoms. The lowest BCUT2D eigenvalue weighted by Gasteiger charge is -2.06. The molecule has 0 saturated carbocycles. The maximum absolute atomic E-state index is 11.9. The minimum Gasteiger partial charge on any atom is -0.473 e. The fraction of sp³-hybridized carbons (Fsp3) is 0.235. The molecule has 124 valence electrons. The standard InChI is InChI=1S/C17H16ClN3O3/c1-11-2-3-13-12(8-20-14(13)6-11)7-17(22)24-5-4-23-16-10-19-9-15(18)21-16/h2-3,6,8-10,20H,4-5,7H2,1H3. The molecule has 0 aliphatic carbocycles. The molecule has 2 aromatic heterocycles. The van der Waals surface area contributed by atoms with Crippen LogP contribution in [-0.4, -0.2) is 34.1 Å². The second-order valence-corrected chi connectivity index (χ2v) is 5.68. The molecule has 0 radical (unpaired) electrons. The molecule has 3 rings (SSSR count). The Bertz CT molecular complexity index is 863. The topological polar surface area (TPSA) is 77.1 Å². The number of benzene rings is 1. The quantitative estimate of drug-likeness (QED) is 0.548. The van der Waals surface area contributed by atoms with Crippen LogP contribution in [0.1, 0.15) is 11.1 Å². The maximum atomic E-state index is 11.9. The Labute approximate surface area is 143 Å². The number of hydrogen-bond acceptors (Lipinski definition) is 5. The Hall–Kier alpha value is -2.60. The lowest BCUT2D eigenvalue weighted by Crippen LogP contribution is -2.14. The fourth-order valence-corrected chi connectivity index (χ4v) is 2.49. The first kappa shape index (κ1) is 16.3. The van der Waals surface area contributed by atoms with Crippen LogP contribution in [0, 0.1) is 6.92 Å². The van der Waals surface area contributed by atoms with Gasteiger partial charge in [-0.3, -0.25) is 9.78 Å². The van der Waals surface area contributed by atoms with Crippen LogP contribution in [0.5, 0.6) is 5.88 Å². The van der Waals surface area contributed by atoms with Gasteiger partial charge >= 0.3 is 5.97 Å². The molecule has 0 aliphatic heterocycles. The van der Waals surface area contributed by atoms with Gasteiger partial charge in [0.05, 0.1) is 18.8 Å². The summed E-state index contributed by atoms with van der Waals surface area (Å²) in [5, 5.41) is 1.28. The van der Waals surface area contributed by atoms with E-state index in [1.54, 1.807) is 0 Å². The van der Waals surface area contributed by atoms with E-state index >= 15 is 0 Å².